The van der Waals surface area contributed by atoms with Crippen LogP contribution in [0.4, 0.5) is 4.39 Å². The zero-order valence-corrected chi connectivity index (χ0v) is 16.9. The Hall–Kier alpha value is -2.02. The predicted octanol–water partition coefficient (Wildman–Crippen LogP) is 4.07. The van der Waals surface area contributed by atoms with Gasteiger partial charge < -0.3 is 10.6 Å². The third-order valence-electron chi connectivity index (χ3n) is 5.11. The molecular formula is C22H25FN4S. The summed E-state index contributed by atoms with van der Waals surface area (Å²) < 4.78 is 13.3. The number of halogens is 1. The van der Waals surface area contributed by atoms with E-state index in [0.29, 0.717) is 6.04 Å². The van der Waals surface area contributed by atoms with Crippen molar-refractivity contribution in [3.05, 3.63) is 70.1 Å². The first-order valence-corrected chi connectivity index (χ1v) is 10.6. The Labute approximate surface area is 169 Å². The summed E-state index contributed by atoms with van der Waals surface area (Å²) in [5, 5.41) is 8.05. The lowest BCUT2D eigenvalue weighted by Gasteiger charge is -2.23. The Morgan fingerprint density at radius 3 is 2.64 bits per heavy atom. The fraction of sp³-hybridized carbons (Fsp3) is 0.364. The fourth-order valence-electron chi connectivity index (χ4n) is 3.47. The summed E-state index contributed by atoms with van der Waals surface area (Å²) >= 11 is 1.68. The van der Waals surface area contributed by atoms with Crippen LogP contribution in [0, 0.1) is 12.7 Å². The van der Waals surface area contributed by atoms with Gasteiger partial charge in [-0.25, -0.2) is 9.37 Å². The maximum absolute atomic E-state index is 13.3. The smallest absolute Gasteiger partial charge is 0.123 e. The molecule has 0 unspecified atom stereocenters. The Bertz CT molecular complexity index is 868. The molecule has 0 aliphatic carbocycles. The van der Waals surface area contributed by atoms with E-state index in [9.17, 15) is 4.39 Å². The van der Waals surface area contributed by atoms with E-state index in [0.717, 1.165) is 66.5 Å². The predicted molar refractivity (Wildman–Crippen MR) is 113 cm³/mol. The molecule has 4 nitrogen and oxygen atoms in total. The second-order valence-electron chi connectivity index (χ2n) is 7.29. The molecule has 0 amide bonds. The number of aromatic nitrogens is 1. The molecule has 0 radical (unpaired) electrons. The number of nitrogens with zero attached hydrogens (tertiary/aromatic N) is 2. The maximum Gasteiger partial charge on any atom is 0.123 e. The van der Waals surface area contributed by atoms with Crippen molar-refractivity contribution in [2.75, 3.05) is 19.6 Å². The minimum Gasteiger partial charge on any atom is -0.317 e. The highest BCUT2D eigenvalue weighted by Crippen LogP contribution is 2.36. The lowest BCUT2D eigenvalue weighted by atomic mass is 10.1. The molecular weight excluding hydrogens is 371 g/mol. The van der Waals surface area contributed by atoms with Crippen LogP contribution in [0.1, 0.15) is 30.4 Å². The zero-order chi connectivity index (χ0) is 19.3. The van der Waals surface area contributed by atoms with Crippen molar-refractivity contribution in [1.29, 1.82) is 0 Å². The molecule has 1 saturated heterocycles. The lowest BCUT2D eigenvalue weighted by molar-refractivity contribution is 0.397. The van der Waals surface area contributed by atoms with Crippen LogP contribution in [-0.2, 0) is 0 Å². The van der Waals surface area contributed by atoms with Crippen LogP contribution in [0.15, 0.2) is 63.2 Å². The number of aryl methyl sites for hydroxylation is 1. The molecule has 1 aromatic heterocycles. The normalized spacial score (nSPS) is 17.9. The molecule has 1 fully saturated rings. The van der Waals surface area contributed by atoms with Crippen molar-refractivity contribution in [3.63, 3.8) is 0 Å². The van der Waals surface area contributed by atoms with Crippen LogP contribution in [-0.4, -0.2) is 36.4 Å². The minimum absolute atomic E-state index is 0.221. The summed E-state index contributed by atoms with van der Waals surface area (Å²) in [5.41, 5.74) is 4.20. The number of allylic oxidation sites excluding steroid dienone is 1. The van der Waals surface area contributed by atoms with Gasteiger partial charge in [0, 0.05) is 30.1 Å². The van der Waals surface area contributed by atoms with Gasteiger partial charge >= 0.3 is 0 Å². The highest BCUT2D eigenvalue weighted by molar-refractivity contribution is 8.03. The molecule has 0 saturated carbocycles. The second kappa shape index (κ2) is 8.99. The van der Waals surface area contributed by atoms with Crippen molar-refractivity contribution in [2.45, 2.75) is 37.3 Å². The SMILES string of the molecule is Cc1ccc(SC2=C(CNC3CCNCC3)N=C(c3ccc(F)cc3)C2)nc1. The number of thioether (sulfide) groups is 1. The summed E-state index contributed by atoms with van der Waals surface area (Å²) in [4.78, 5) is 10.7. The van der Waals surface area contributed by atoms with Crippen molar-refractivity contribution in [3.8, 4) is 0 Å². The van der Waals surface area contributed by atoms with Gasteiger partial charge in [-0.15, -0.1) is 0 Å². The number of hydrogen-bond acceptors (Lipinski definition) is 5. The van der Waals surface area contributed by atoms with E-state index in [1.54, 1.807) is 11.8 Å². The van der Waals surface area contributed by atoms with Gasteiger partial charge in [0.05, 0.1) is 11.4 Å². The Morgan fingerprint density at radius 1 is 1.14 bits per heavy atom. The Kier molecular flexibility index (Phi) is 6.20. The monoisotopic (exact) mass is 396 g/mol. The van der Waals surface area contributed by atoms with Crippen molar-refractivity contribution in [2.24, 2.45) is 4.99 Å². The molecule has 2 aliphatic rings. The number of nitrogens with one attached hydrogen (secondary N) is 2. The second-order valence-corrected chi connectivity index (χ2v) is 8.41. The molecule has 0 bridgehead atoms. The molecule has 1 aromatic carbocycles. The zero-order valence-electron chi connectivity index (χ0n) is 16.0. The first kappa shape index (κ1) is 19.3. The molecule has 146 valence electrons. The van der Waals surface area contributed by atoms with E-state index in [4.69, 9.17) is 4.99 Å². The van der Waals surface area contributed by atoms with Crippen LogP contribution < -0.4 is 10.6 Å². The topological polar surface area (TPSA) is 49.3 Å². The summed E-state index contributed by atoms with van der Waals surface area (Å²) in [6.07, 6.45) is 4.94. The minimum atomic E-state index is -0.221. The van der Waals surface area contributed by atoms with Crippen LogP contribution in [0.25, 0.3) is 0 Å². The van der Waals surface area contributed by atoms with E-state index in [1.807, 2.05) is 25.3 Å². The summed E-state index contributed by atoms with van der Waals surface area (Å²) in [6, 6.07) is 11.3. The third-order valence-corrected chi connectivity index (χ3v) is 6.18. The van der Waals surface area contributed by atoms with E-state index in [1.165, 1.54) is 17.0 Å². The van der Waals surface area contributed by atoms with Gasteiger partial charge in [-0.3, -0.25) is 4.99 Å². The van der Waals surface area contributed by atoms with Gasteiger partial charge in [0.15, 0.2) is 0 Å². The van der Waals surface area contributed by atoms with E-state index in [2.05, 4.69) is 27.8 Å². The molecule has 6 heteroatoms. The van der Waals surface area contributed by atoms with E-state index in [-0.39, 0.29) is 5.82 Å². The van der Waals surface area contributed by atoms with Crippen LogP contribution in [0.5, 0.6) is 0 Å². The van der Waals surface area contributed by atoms with E-state index < -0.39 is 0 Å². The molecule has 2 aromatic rings. The van der Waals surface area contributed by atoms with Gasteiger partial charge in [-0.1, -0.05) is 30.0 Å². The average molecular weight is 397 g/mol. The molecule has 2 N–H and O–H groups in total. The largest absolute Gasteiger partial charge is 0.317 e. The highest BCUT2D eigenvalue weighted by atomic mass is 32.2. The highest BCUT2D eigenvalue weighted by Gasteiger charge is 2.22. The first-order chi connectivity index (χ1) is 13.7. The number of pyridine rings is 1. The first-order valence-electron chi connectivity index (χ1n) is 9.77. The lowest BCUT2D eigenvalue weighted by Crippen LogP contribution is -2.40. The number of piperidine rings is 1. The van der Waals surface area contributed by atoms with Crippen molar-refractivity contribution < 1.29 is 4.39 Å². The number of benzene rings is 1. The summed E-state index contributed by atoms with van der Waals surface area (Å²) in [7, 11) is 0. The molecule has 0 spiro atoms. The van der Waals surface area contributed by atoms with Gasteiger partial charge in [0.2, 0.25) is 0 Å². The van der Waals surface area contributed by atoms with Crippen LogP contribution in [0.2, 0.25) is 0 Å². The Balaban J connectivity index is 1.51. The maximum atomic E-state index is 13.3. The number of rotatable bonds is 6. The Morgan fingerprint density at radius 2 is 1.93 bits per heavy atom. The van der Waals surface area contributed by atoms with Gasteiger partial charge in [0.25, 0.3) is 0 Å². The van der Waals surface area contributed by atoms with Crippen molar-refractivity contribution in [1.82, 2.24) is 15.6 Å². The number of hydrogen-bond donors (Lipinski definition) is 2. The molecule has 0 atom stereocenters. The average Bonchev–Trinajstić information content (AvgIpc) is 3.12. The molecule has 3 heterocycles. The van der Waals surface area contributed by atoms with Gasteiger partial charge in [-0.05, 0) is 62.2 Å². The molecule has 28 heavy (non-hydrogen) atoms. The van der Waals surface area contributed by atoms with Crippen molar-refractivity contribution >= 4 is 17.5 Å². The summed E-state index contributed by atoms with van der Waals surface area (Å²) in [6.45, 7) is 4.93. The van der Waals surface area contributed by atoms with E-state index >= 15 is 0 Å². The fourth-order valence-corrected chi connectivity index (χ4v) is 4.41. The van der Waals surface area contributed by atoms with Gasteiger partial charge in [0.1, 0.15) is 10.8 Å². The van der Waals surface area contributed by atoms with Crippen LogP contribution in [0.3, 0.4) is 0 Å². The molecule has 4 rings (SSSR count). The van der Waals surface area contributed by atoms with Crippen LogP contribution >= 0.6 is 11.8 Å². The quantitative estimate of drug-likeness (QED) is 0.773. The molecule has 2 aliphatic heterocycles. The van der Waals surface area contributed by atoms with Gasteiger partial charge in [-0.2, -0.15) is 0 Å². The summed E-state index contributed by atoms with van der Waals surface area (Å²) in [5.74, 6) is -0.221. The number of aliphatic imine (C=N–C) groups is 1. The third kappa shape index (κ3) is 4.87. The standard InChI is InChI=1S/C22H25FN4S/c1-15-2-7-22(26-13-15)28-21-12-19(16-3-5-17(23)6-4-16)27-20(21)14-25-18-8-10-24-11-9-18/h2-7,13,18,24-25H,8-12,14H2,1H3.